The van der Waals surface area contributed by atoms with Crippen LogP contribution in [0.3, 0.4) is 0 Å². The van der Waals surface area contributed by atoms with Gasteiger partial charge in [0.1, 0.15) is 0 Å². The van der Waals surface area contributed by atoms with Crippen LogP contribution in [0.2, 0.25) is 0 Å². The van der Waals surface area contributed by atoms with Gasteiger partial charge < -0.3 is 20.0 Å². The number of hydrogen-bond donors (Lipinski definition) is 2. The lowest BCUT2D eigenvalue weighted by Crippen LogP contribution is -2.56. The van der Waals surface area contributed by atoms with Crippen molar-refractivity contribution in [1.29, 1.82) is 0 Å². The fourth-order valence-electron chi connectivity index (χ4n) is 4.83. The third kappa shape index (κ3) is 6.12. The summed E-state index contributed by atoms with van der Waals surface area (Å²) in [4.78, 5) is 9.58. The molecule has 27 heavy (non-hydrogen) atoms. The Morgan fingerprint density at radius 2 is 1.52 bits per heavy atom. The molecule has 0 aromatic rings. The molecule has 0 aromatic heterocycles. The molecule has 3 saturated heterocycles. The minimum Gasteiger partial charge on any atom is -0.390 e. The quantitative estimate of drug-likeness (QED) is 0.699. The van der Waals surface area contributed by atoms with Gasteiger partial charge in [0, 0.05) is 58.4 Å². The molecular weight excluding hydrogens is 340 g/mol. The molecule has 6 nitrogen and oxygen atoms in total. The van der Waals surface area contributed by atoms with Crippen LogP contribution in [-0.4, -0.2) is 120 Å². The maximum Gasteiger partial charge on any atom is 0.0819 e. The fraction of sp³-hybridized carbons (Fsp3) is 1.00. The van der Waals surface area contributed by atoms with E-state index in [1.807, 2.05) is 0 Å². The van der Waals surface area contributed by atoms with Crippen LogP contribution in [0.15, 0.2) is 0 Å². The van der Waals surface area contributed by atoms with Crippen molar-refractivity contribution in [3.05, 3.63) is 0 Å². The highest BCUT2D eigenvalue weighted by Crippen LogP contribution is 2.27. The monoisotopic (exact) mass is 382 g/mol. The SMILES string of the molecule is CC1CCN(CC2(O)CCN(C(C)C(O)CN3CCN(C)CC3)CC2)CC1. The minimum absolute atomic E-state index is 0.157. The van der Waals surface area contributed by atoms with Crippen molar-refractivity contribution in [2.24, 2.45) is 5.92 Å². The summed E-state index contributed by atoms with van der Waals surface area (Å²) < 4.78 is 0. The molecule has 0 saturated carbocycles. The van der Waals surface area contributed by atoms with Crippen LogP contribution < -0.4 is 0 Å². The number of hydrogen-bond acceptors (Lipinski definition) is 6. The van der Waals surface area contributed by atoms with Gasteiger partial charge in [-0.1, -0.05) is 6.92 Å². The Morgan fingerprint density at radius 1 is 0.926 bits per heavy atom. The van der Waals surface area contributed by atoms with Crippen LogP contribution in [0.4, 0.5) is 0 Å². The summed E-state index contributed by atoms with van der Waals surface area (Å²) in [7, 11) is 2.16. The van der Waals surface area contributed by atoms with E-state index in [0.29, 0.717) is 0 Å². The van der Waals surface area contributed by atoms with E-state index in [0.717, 1.165) is 84.2 Å². The summed E-state index contributed by atoms with van der Waals surface area (Å²) in [5.74, 6) is 0.834. The molecule has 0 radical (unpaired) electrons. The van der Waals surface area contributed by atoms with Crippen molar-refractivity contribution in [3.8, 4) is 0 Å². The van der Waals surface area contributed by atoms with Crippen molar-refractivity contribution < 1.29 is 10.2 Å². The van der Waals surface area contributed by atoms with Crippen molar-refractivity contribution in [3.63, 3.8) is 0 Å². The Kier molecular flexibility index (Phi) is 7.56. The van der Waals surface area contributed by atoms with Gasteiger partial charge in [-0.3, -0.25) is 9.80 Å². The lowest BCUT2D eigenvalue weighted by Gasteiger charge is -2.45. The molecule has 2 unspecified atom stereocenters. The maximum absolute atomic E-state index is 11.1. The lowest BCUT2D eigenvalue weighted by atomic mass is 9.88. The number of aliphatic hydroxyl groups is 2. The number of piperidine rings is 2. The van der Waals surface area contributed by atoms with Crippen LogP contribution in [0, 0.1) is 5.92 Å². The number of piperazine rings is 1. The standard InChI is InChI=1S/C21H42N4O2/c1-18-4-8-24(9-5-18)17-21(27)6-10-25(11-7-21)19(2)20(26)16-23-14-12-22(3)13-15-23/h18-20,26-27H,4-17H2,1-3H3. The second kappa shape index (κ2) is 9.51. The van der Waals surface area contributed by atoms with Gasteiger partial charge >= 0.3 is 0 Å². The van der Waals surface area contributed by atoms with E-state index in [9.17, 15) is 10.2 Å². The van der Waals surface area contributed by atoms with Gasteiger partial charge in [-0.15, -0.1) is 0 Å². The molecule has 0 amide bonds. The Morgan fingerprint density at radius 3 is 2.11 bits per heavy atom. The number of rotatable bonds is 6. The first-order chi connectivity index (χ1) is 12.8. The van der Waals surface area contributed by atoms with E-state index < -0.39 is 5.60 Å². The average molecular weight is 383 g/mol. The number of aliphatic hydroxyl groups excluding tert-OH is 1. The van der Waals surface area contributed by atoms with E-state index in [1.54, 1.807) is 0 Å². The molecule has 2 N–H and O–H groups in total. The highest BCUT2D eigenvalue weighted by Gasteiger charge is 2.37. The third-order valence-corrected chi connectivity index (χ3v) is 7.30. The molecule has 3 aliphatic rings. The molecule has 2 atom stereocenters. The predicted molar refractivity (Wildman–Crippen MR) is 110 cm³/mol. The topological polar surface area (TPSA) is 53.4 Å². The van der Waals surface area contributed by atoms with Crippen molar-refractivity contribution in [1.82, 2.24) is 19.6 Å². The Bertz CT molecular complexity index is 439. The molecule has 158 valence electrons. The second-order valence-electron chi connectivity index (χ2n) is 9.63. The summed E-state index contributed by atoms with van der Waals surface area (Å²) in [6.07, 6.45) is 3.85. The van der Waals surface area contributed by atoms with Gasteiger partial charge in [-0.25, -0.2) is 0 Å². The zero-order valence-corrected chi connectivity index (χ0v) is 17.8. The van der Waals surface area contributed by atoms with E-state index in [4.69, 9.17) is 0 Å². The Hall–Kier alpha value is -0.240. The molecule has 0 aliphatic carbocycles. The highest BCUT2D eigenvalue weighted by molar-refractivity contribution is 4.92. The summed E-state index contributed by atoms with van der Waals surface area (Å²) in [5, 5.41) is 21.8. The van der Waals surface area contributed by atoms with Gasteiger partial charge in [-0.05, 0) is 58.7 Å². The Labute approximate surface area is 166 Å². The zero-order valence-electron chi connectivity index (χ0n) is 17.8. The summed E-state index contributed by atoms with van der Waals surface area (Å²) in [6, 6.07) is 0.157. The summed E-state index contributed by atoms with van der Waals surface area (Å²) in [5.41, 5.74) is -0.542. The van der Waals surface area contributed by atoms with Crippen molar-refractivity contribution >= 4 is 0 Å². The van der Waals surface area contributed by atoms with E-state index in [-0.39, 0.29) is 12.1 Å². The first kappa shape index (κ1) is 21.5. The van der Waals surface area contributed by atoms with Gasteiger partial charge in [0.25, 0.3) is 0 Å². The van der Waals surface area contributed by atoms with E-state index in [1.165, 1.54) is 12.8 Å². The molecular formula is C21H42N4O2. The second-order valence-corrected chi connectivity index (χ2v) is 9.63. The predicted octanol–water partition coefficient (Wildman–Crippen LogP) is 0.542. The lowest BCUT2D eigenvalue weighted by molar-refractivity contribution is -0.0692. The molecule has 3 fully saturated rings. The normalized spacial score (nSPS) is 29.7. The van der Waals surface area contributed by atoms with Crippen LogP contribution in [0.25, 0.3) is 0 Å². The number of likely N-dealkylation sites (tertiary alicyclic amines) is 2. The summed E-state index contributed by atoms with van der Waals surface area (Å²) in [6.45, 7) is 14.4. The first-order valence-corrected chi connectivity index (χ1v) is 11.1. The van der Waals surface area contributed by atoms with Crippen LogP contribution in [0.1, 0.15) is 39.5 Å². The maximum atomic E-state index is 11.1. The molecule has 3 heterocycles. The Balaban J connectivity index is 1.41. The van der Waals surface area contributed by atoms with Gasteiger partial charge in [0.15, 0.2) is 0 Å². The molecule has 6 heteroatoms. The summed E-state index contributed by atoms with van der Waals surface area (Å²) >= 11 is 0. The van der Waals surface area contributed by atoms with Crippen LogP contribution in [-0.2, 0) is 0 Å². The highest BCUT2D eigenvalue weighted by atomic mass is 16.3. The molecule has 3 rings (SSSR count). The van der Waals surface area contributed by atoms with Gasteiger partial charge in [0.2, 0.25) is 0 Å². The van der Waals surface area contributed by atoms with E-state index >= 15 is 0 Å². The molecule has 0 aromatic carbocycles. The number of β-amino-alcohol motifs (C(OH)–C–C–N with tert-alkyl or cyclic N) is 2. The van der Waals surface area contributed by atoms with E-state index in [2.05, 4.69) is 40.5 Å². The number of nitrogens with zero attached hydrogens (tertiary/aromatic N) is 4. The van der Waals surface area contributed by atoms with Gasteiger partial charge in [-0.2, -0.15) is 0 Å². The van der Waals surface area contributed by atoms with Crippen LogP contribution in [0.5, 0.6) is 0 Å². The largest absolute Gasteiger partial charge is 0.390 e. The number of likely N-dealkylation sites (N-methyl/N-ethyl adjacent to an activating group) is 1. The fourth-order valence-corrected chi connectivity index (χ4v) is 4.83. The zero-order chi connectivity index (χ0) is 19.4. The smallest absolute Gasteiger partial charge is 0.0819 e. The average Bonchev–Trinajstić information content (AvgIpc) is 2.65. The van der Waals surface area contributed by atoms with Gasteiger partial charge in [0.05, 0.1) is 11.7 Å². The van der Waals surface area contributed by atoms with Crippen molar-refractivity contribution in [2.75, 3.05) is 72.5 Å². The molecule has 3 aliphatic heterocycles. The molecule has 0 spiro atoms. The first-order valence-electron chi connectivity index (χ1n) is 11.1. The van der Waals surface area contributed by atoms with Crippen LogP contribution >= 0.6 is 0 Å². The molecule has 0 bridgehead atoms. The van der Waals surface area contributed by atoms with Crippen molar-refractivity contribution in [2.45, 2.75) is 57.3 Å². The minimum atomic E-state index is -0.542. The third-order valence-electron chi connectivity index (χ3n) is 7.30.